The lowest BCUT2D eigenvalue weighted by molar-refractivity contribution is 0.102. The molecule has 142 valence electrons. The van der Waals surface area contributed by atoms with Crippen LogP contribution in [0.2, 0.25) is 5.02 Å². The molecule has 4 rings (SSSR count). The first-order chi connectivity index (χ1) is 13.6. The maximum absolute atomic E-state index is 12.7. The fourth-order valence-electron chi connectivity index (χ4n) is 3.38. The van der Waals surface area contributed by atoms with Crippen molar-refractivity contribution in [3.8, 4) is 0 Å². The Bertz CT molecular complexity index is 1070. The van der Waals surface area contributed by atoms with Gasteiger partial charge in [0.1, 0.15) is 5.03 Å². The summed E-state index contributed by atoms with van der Waals surface area (Å²) in [4.78, 5) is 33.7. The topological polar surface area (TPSA) is 64.8 Å². The lowest BCUT2D eigenvalue weighted by Gasteiger charge is -2.13. The predicted molar refractivity (Wildman–Crippen MR) is 110 cm³/mol. The van der Waals surface area contributed by atoms with E-state index in [0.717, 1.165) is 36.2 Å². The van der Waals surface area contributed by atoms with Crippen LogP contribution < -0.4 is 5.69 Å². The smallest absolute Gasteiger partial charge is 0.293 e. The number of thioether (sulfide) groups is 1. The van der Waals surface area contributed by atoms with E-state index in [1.165, 1.54) is 11.8 Å². The Labute approximate surface area is 171 Å². The highest BCUT2D eigenvalue weighted by molar-refractivity contribution is 8.00. The number of nitrogens with zero attached hydrogens (tertiary/aromatic N) is 3. The van der Waals surface area contributed by atoms with Crippen LogP contribution in [-0.4, -0.2) is 26.1 Å². The zero-order valence-electron chi connectivity index (χ0n) is 15.1. The van der Waals surface area contributed by atoms with Crippen molar-refractivity contribution in [3.05, 3.63) is 86.7 Å². The fraction of sp³-hybridized carbons (Fsp3) is 0.238. The minimum Gasteiger partial charge on any atom is -0.293 e. The molecule has 1 aliphatic carbocycles. The monoisotopic (exact) mass is 411 g/mol. The van der Waals surface area contributed by atoms with Crippen molar-refractivity contribution in [2.75, 3.05) is 5.75 Å². The van der Waals surface area contributed by atoms with E-state index in [1.54, 1.807) is 35.0 Å². The molecular formula is C21H18ClN3O2S. The van der Waals surface area contributed by atoms with Gasteiger partial charge in [-0.3, -0.25) is 14.3 Å². The second kappa shape index (κ2) is 8.29. The summed E-state index contributed by atoms with van der Waals surface area (Å²) in [7, 11) is 0. The molecule has 2 aromatic heterocycles. The number of aromatic nitrogens is 3. The van der Waals surface area contributed by atoms with Gasteiger partial charge >= 0.3 is 5.69 Å². The second-order valence-electron chi connectivity index (χ2n) is 6.60. The SMILES string of the molecule is O=C(CSc1nc(=O)n(Cc2ccccn2)c2c1CCC2)c1ccc(Cl)cc1. The van der Waals surface area contributed by atoms with Crippen LogP contribution in [0.4, 0.5) is 0 Å². The van der Waals surface area contributed by atoms with Gasteiger partial charge in [0, 0.05) is 28.0 Å². The number of Topliss-reactive ketones (excluding diaryl/α,β-unsaturated/α-hetero) is 1. The molecule has 0 saturated heterocycles. The summed E-state index contributed by atoms with van der Waals surface area (Å²) in [5.41, 5.74) is 3.26. The number of pyridine rings is 1. The first-order valence-electron chi connectivity index (χ1n) is 9.06. The zero-order valence-corrected chi connectivity index (χ0v) is 16.7. The standard InChI is InChI=1S/C21H18ClN3O2S/c22-15-9-7-14(8-10-15)19(26)13-28-20-17-5-3-6-18(17)25(21(27)24-20)12-16-4-1-2-11-23-16/h1-2,4,7-11H,3,5-6,12-13H2. The minimum absolute atomic E-state index is 0.00659. The quantitative estimate of drug-likeness (QED) is 0.350. The van der Waals surface area contributed by atoms with Gasteiger partial charge in [0.05, 0.1) is 18.0 Å². The van der Waals surface area contributed by atoms with Crippen molar-refractivity contribution in [2.45, 2.75) is 30.8 Å². The maximum atomic E-state index is 12.7. The number of hydrogen-bond acceptors (Lipinski definition) is 5. The van der Waals surface area contributed by atoms with Crippen molar-refractivity contribution in [1.29, 1.82) is 0 Å². The number of hydrogen-bond donors (Lipinski definition) is 0. The van der Waals surface area contributed by atoms with Crippen molar-refractivity contribution >= 4 is 29.1 Å². The number of halogens is 1. The van der Waals surface area contributed by atoms with E-state index in [0.29, 0.717) is 22.2 Å². The molecule has 2 heterocycles. The van der Waals surface area contributed by atoms with Crippen LogP contribution in [0.15, 0.2) is 58.5 Å². The molecule has 1 aromatic carbocycles. The van der Waals surface area contributed by atoms with Gasteiger partial charge in [-0.2, -0.15) is 4.98 Å². The van der Waals surface area contributed by atoms with Crippen molar-refractivity contribution in [1.82, 2.24) is 14.5 Å². The van der Waals surface area contributed by atoms with Gasteiger partial charge in [0.2, 0.25) is 0 Å². The van der Waals surface area contributed by atoms with Crippen LogP contribution >= 0.6 is 23.4 Å². The Balaban J connectivity index is 1.56. The van der Waals surface area contributed by atoms with Crippen molar-refractivity contribution in [3.63, 3.8) is 0 Å². The summed E-state index contributed by atoms with van der Waals surface area (Å²) in [5, 5.41) is 1.28. The summed E-state index contributed by atoms with van der Waals surface area (Å²) in [6.07, 6.45) is 4.43. The third-order valence-electron chi connectivity index (χ3n) is 4.75. The third-order valence-corrected chi connectivity index (χ3v) is 6.02. The second-order valence-corrected chi connectivity index (χ2v) is 8.00. The number of carbonyl (C=O) groups excluding carboxylic acids is 1. The molecule has 0 radical (unpaired) electrons. The van der Waals surface area contributed by atoms with E-state index < -0.39 is 0 Å². The molecule has 5 nitrogen and oxygen atoms in total. The first-order valence-corrected chi connectivity index (χ1v) is 10.4. The van der Waals surface area contributed by atoms with E-state index in [4.69, 9.17) is 11.6 Å². The van der Waals surface area contributed by atoms with Crippen molar-refractivity contribution in [2.24, 2.45) is 0 Å². The van der Waals surface area contributed by atoms with Crippen LogP contribution in [0, 0.1) is 0 Å². The van der Waals surface area contributed by atoms with Gasteiger partial charge in [-0.1, -0.05) is 29.4 Å². The summed E-state index contributed by atoms with van der Waals surface area (Å²) >= 11 is 7.21. The van der Waals surface area contributed by atoms with E-state index >= 15 is 0 Å². The molecule has 3 aromatic rings. The third kappa shape index (κ3) is 4.03. The maximum Gasteiger partial charge on any atom is 0.349 e. The lowest BCUT2D eigenvalue weighted by atomic mass is 10.1. The predicted octanol–water partition coefficient (Wildman–Crippen LogP) is 3.80. The number of ketones is 1. The first kappa shape index (κ1) is 18.9. The van der Waals surface area contributed by atoms with Gasteiger partial charge in [0.25, 0.3) is 0 Å². The molecule has 0 saturated carbocycles. The Kier molecular flexibility index (Phi) is 5.59. The van der Waals surface area contributed by atoms with E-state index in [2.05, 4.69) is 9.97 Å². The molecule has 0 atom stereocenters. The van der Waals surface area contributed by atoms with Gasteiger partial charge in [0.15, 0.2) is 5.78 Å². The van der Waals surface area contributed by atoms with Gasteiger partial charge in [-0.25, -0.2) is 4.79 Å². The Morgan fingerprint density at radius 3 is 2.71 bits per heavy atom. The van der Waals surface area contributed by atoms with Gasteiger partial charge < -0.3 is 0 Å². The molecule has 0 spiro atoms. The molecule has 0 amide bonds. The van der Waals surface area contributed by atoms with Gasteiger partial charge in [-0.15, -0.1) is 0 Å². The fourth-order valence-corrected chi connectivity index (χ4v) is 4.47. The molecule has 0 aliphatic heterocycles. The Morgan fingerprint density at radius 2 is 1.96 bits per heavy atom. The molecule has 7 heteroatoms. The summed E-state index contributed by atoms with van der Waals surface area (Å²) in [6, 6.07) is 12.5. The van der Waals surface area contributed by atoms with Crippen LogP contribution in [-0.2, 0) is 19.4 Å². The number of fused-ring (bicyclic) bond motifs is 1. The van der Waals surface area contributed by atoms with E-state index in [9.17, 15) is 9.59 Å². The lowest BCUT2D eigenvalue weighted by Crippen LogP contribution is -2.28. The molecule has 0 bridgehead atoms. The average molecular weight is 412 g/mol. The molecule has 0 fully saturated rings. The number of carbonyl (C=O) groups is 1. The molecule has 28 heavy (non-hydrogen) atoms. The normalized spacial score (nSPS) is 12.8. The molecule has 0 unspecified atom stereocenters. The van der Waals surface area contributed by atoms with Crippen LogP contribution in [0.3, 0.4) is 0 Å². The number of benzene rings is 1. The Morgan fingerprint density at radius 1 is 1.14 bits per heavy atom. The summed E-state index contributed by atoms with van der Waals surface area (Å²) < 4.78 is 1.72. The van der Waals surface area contributed by atoms with E-state index in [-0.39, 0.29) is 17.2 Å². The molecule has 1 aliphatic rings. The summed E-state index contributed by atoms with van der Waals surface area (Å²) in [5.74, 6) is 0.234. The van der Waals surface area contributed by atoms with E-state index in [1.807, 2.05) is 18.2 Å². The summed E-state index contributed by atoms with van der Waals surface area (Å²) in [6.45, 7) is 0.420. The highest BCUT2D eigenvalue weighted by Gasteiger charge is 2.23. The highest BCUT2D eigenvalue weighted by atomic mass is 35.5. The zero-order chi connectivity index (χ0) is 19.5. The van der Waals surface area contributed by atoms with Crippen LogP contribution in [0.25, 0.3) is 0 Å². The molecule has 0 N–H and O–H groups in total. The highest BCUT2D eigenvalue weighted by Crippen LogP contribution is 2.30. The number of rotatable bonds is 6. The largest absolute Gasteiger partial charge is 0.349 e. The van der Waals surface area contributed by atoms with Crippen LogP contribution in [0.1, 0.15) is 33.7 Å². The van der Waals surface area contributed by atoms with Crippen molar-refractivity contribution < 1.29 is 4.79 Å². The average Bonchev–Trinajstić information content (AvgIpc) is 3.20. The van der Waals surface area contributed by atoms with Crippen LogP contribution in [0.5, 0.6) is 0 Å². The van der Waals surface area contributed by atoms with Gasteiger partial charge in [-0.05, 0) is 55.7 Å². The molecular weight excluding hydrogens is 394 g/mol. The Hall–Kier alpha value is -2.44. The minimum atomic E-state index is -0.284.